The van der Waals surface area contributed by atoms with Gasteiger partial charge in [-0.2, -0.15) is 0 Å². The zero-order valence-electron chi connectivity index (χ0n) is 31.3. The van der Waals surface area contributed by atoms with Crippen LogP contribution in [0.3, 0.4) is 0 Å². The molecule has 8 atom stereocenters. The summed E-state index contributed by atoms with van der Waals surface area (Å²) in [6, 6.07) is 5.99. The minimum absolute atomic E-state index is 0.0956. The Balaban J connectivity index is 1.56. The molecule has 278 valence electrons. The number of thioether (sulfide) groups is 1. The number of aliphatic hydroxyl groups excluding tert-OH is 1. The summed E-state index contributed by atoms with van der Waals surface area (Å²) in [5.74, 6) is -0.238. The molecule has 2 bridgehead atoms. The maximum atomic E-state index is 13.9. The fourth-order valence-electron chi connectivity index (χ4n) is 9.16. The van der Waals surface area contributed by atoms with Gasteiger partial charge >= 0.3 is 12.1 Å². The molecule has 1 amide bonds. The van der Waals surface area contributed by atoms with Crippen molar-refractivity contribution >= 4 is 43.0 Å². The Labute approximate surface area is 303 Å². The Bertz CT molecular complexity index is 1420. The average molecular weight is 713 g/mol. The van der Waals surface area contributed by atoms with E-state index in [1.807, 2.05) is 39.0 Å². The molecule has 0 saturated heterocycles. The zero-order valence-corrected chi connectivity index (χ0v) is 32.1. The monoisotopic (exact) mass is 712 g/mol. The number of alkyl carbamates (subject to hydrolysis) is 1. The normalized spacial score (nSPS) is 32.3. The van der Waals surface area contributed by atoms with E-state index in [0.29, 0.717) is 52.0 Å². The summed E-state index contributed by atoms with van der Waals surface area (Å²) in [4.78, 5) is 48.8. The van der Waals surface area contributed by atoms with E-state index < -0.39 is 34.7 Å². The van der Waals surface area contributed by atoms with Crippen LogP contribution in [-0.2, 0) is 32.2 Å². The number of aliphatic imine (C=N–C) groups is 2. The SMILES string of the molecule is C=NCc1ccc(CN=C)c(SCC(=O)O[C@@H]2C[C@](C)(CNCCCNC(=O)OC(C)(C)C)[C@@H](O)[C@H](C)[C@]34CCC(=O)[C@H]3[C@@]2(C)[C@H](C)CC4)c1. The molecule has 10 nitrogen and oxygen atoms in total. The van der Waals surface area contributed by atoms with Crippen molar-refractivity contribution in [1.29, 1.82) is 0 Å². The number of Topliss-reactive ketones (excluding diaryl/α,β-unsaturated/α-hetero) is 1. The molecule has 1 aromatic carbocycles. The summed E-state index contributed by atoms with van der Waals surface area (Å²) in [7, 11) is 0. The van der Waals surface area contributed by atoms with Crippen LogP contribution in [0.4, 0.5) is 4.79 Å². The summed E-state index contributed by atoms with van der Waals surface area (Å²) in [5.41, 5.74) is -0.157. The van der Waals surface area contributed by atoms with Crippen molar-refractivity contribution in [3.63, 3.8) is 0 Å². The van der Waals surface area contributed by atoms with Crippen LogP contribution in [0.5, 0.6) is 0 Å². The molecule has 0 spiro atoms. The van der Waals surface area contributed by atoms with Crippen molar-refractivity contribution < 1.29 is 29.0 Å². The first kappa shape index (κ1) is 40.0. The van der Waals surface area contributed by atoms with Crippen LogP contribution in [0.25, 0.3) is 0 Å². The van der Waals surface area contributed by atoms with E-state index in [1.165, 1.54) is 11.8 Å². The lowest BCUT2D eigenvalue weighted by Crippen LogP contribution is -2.64. The molecule has 0 aromatic heterocycles. The third-order valence-corrected chi connectivity index (χ3v) is 13.0. The molecule has 1 aromatic rings. The Morgan fingerprint density at radius 3 is 2.50 bits per heavy atom. The van der Waals surface area contributed by atoms with E-state index in [-0.39, 0.29) is 40.7 Å². The Morgan fingerprint density at radius 1 is 1.10 bits per heavy atom. The van der Waals surface area contributed by atoms with E-state index >= 15 is 0 Å². The average Bonchev–Trinajstić information content (AvgIpc) is 3.40. The standard InChI is InChI=1S/C39H60N4O6S/c1-25-13-15-39-16-14-29(44)33(39)38(25,7)31(48-32(45)23-50-30-19-27(21-40-8)11-12-28(30)22-41-9)20-37(6,34(46)26(39)2)24-42-17-10-18-43-35(47)49-36(3,4)5/h11-12,19,25-26,31,33-34,42,46H,8-10,13-18,20-24H2,1-7H3,(H,43,47)/t25-,26+,31-,33+,34+,37-,38+,39+/m1/s1. The van der Waals surface area contributed by atoms with Crippen molar-refractivity contribution in [3.05, 3.63) is 29.3 Å². The maximum absolute atomic E-state index is 13.9. The number of hydrogen-bond acceptors (Lipinski definition) is 10. The van der Waals surface area contributed by atoms with Gasteiger partial charge in [-0.05, 0) is 107 Å². The number of nitrogens with zero attached hydrogens (tertiary/aromatic N) is 2. The lowest BCUT2D eigenvalue weighted by molar-refractivity contribution is -0.210. The number of amides is 1. The summed E-state index contributed by atoms with van der Waals surface area (Å²) in [6.07, 6.45) is 2.43. The number of aliphatic hydroxyl groups is 1. The lowest BCUT2D eigenvalue weighted by atomic mass is 9.44. The first-order valence-electron chi connectivity index (χ1n) is 18.2. The van der Waals surface area contributed by atoms with Crippen LogP contribution in [0.2, 0.25) is 0 Å². The first-order chi connectivity index (χ1) is 23.5. The van der Waals surface area contributed by atoms with E-state index in [0.717, 1.165) is 35.3 Å². The fraction of sp³-hybridized carbons (Fsp3) is 0.718. The van der Waals surface area contributed by atoms with Gasteiger partial charge in [-0.1, -0.05) is 39.8 Å². The largest absolute Gasteiger partial charge is 0.461 e. The number of benzene rings is 1. The van der Waals surface area contributed by atoms with E-state index in [2.05, 4.69) is 61.7 Å². The number of esters is 1. The van der Waals surface area contributed by atoms with E-state index in [1.54, 1.807) is 0 Å². The summed E-state index contributed by atoms with van der Waals surface area (Å²) >= 11 is 1.41. The predicted octanol–water partition coefficient (Wildman–Crippen LogP) is 6.40. The van der Waals surface area contributed by atoms with Crippen LogP contribution in [0.1, 0.15) is 98.1 Å². The second kappa shape index (κ2) is 16.3. The molecule has 0 unspecified atom stereocenters. The maximum Gasteiger partial charge on any atom is 0.407 e. The van der Waals surface area contributed by atoms with Gasteiger partial charge in [0.1, 0.15) is 17.5 Å². The number of carbonyl (C=O) groups is 3. The third-order valence-electron chi connectivity index (χ3n) is 12.0. The Hall–Kier alpha value is -2.76. The van der Waals surface area contributed by atoms with Crippen molar-refractivity contribution in [2.45, 2.75) is 123 Å². The van der Waals surface area contributed by atoms with Crippen LogP contribution >= 0.6 is 11.8 Å². The van der Waals surface area contributed by atoms with Gasteiger partial charge in [-0.15, -0.1) is 11.8 Å². The molecule has 11 heteroatoms. The molecule has 3 saturated carbocycles. The lowest BCUT2D eigenvalue weighted by Gasteiger charge is -2.62. The zero-order chi connectivity index (χ0) is 36.9. The van der Waals surface area contributed by atoms with Gasteiger partial charge in [0.2, 0.25) is 0 Å². The molecular formula is C39H60N4O6S. The molecule has 3 fully saturated rings. The number of nitrogens with one attached hydrogen (secondary N) is 2. The van der Waals surface area contributed by atoms with Crippen LogP contribution < -0.4 is 10.6 Å². The molecule has 4 rings (SSSR count). The van der Waals surface area contributed by atoms with Crippen LogP contribution in [-0.4, -0.2) is 79.6 Å². The van der Waals surface area contributed by atoms with Crippen LogP contribution in [0, 0.1) is 34.0 Å². The third kappa shape index (κ3) is 8.64. The topological polar surface area (TPSA) is 139 Å². The smallest absolute Gasteiger partial charge is 0.407 e. The van der Waals surface area contributed by atoms with E-state index in [9.17, 15) is 19.5 Å². The molecule has 0 aliphatic heterocycles. The van der Waals surface area contributed by atoms with Crippen molar-refractivity contribution in [2.24, 2.45) is 44.0 Å². The highest BCUT2D eigenvalue weighted by atomic mass is 32.2. The highest BCUT2D eigenvalue weighted by Gasteiger charge is 2.68. The molecule has 3 aliphatic carbocycles. The minimum Gasteiger partial charge on any atom is -0.461 e. The molecular weight excluding hydrogens is 653 g/mol. The van der Waals surface area contributed by atoms with Gasteiger partial charge in [0.25, 0.3) is 0 Å². The van der Waals surface area contributed by atoms with E-state index in [4.69, 9.17) is 9.47 Å². The number of ketones is 1. The van der Waals surface area contributed by atoms with Gasteiger partial charge in [0.15, 0.2) is 0 Å². The highest BCUT2D eigenvalue weighted by molar-refractivity contribution is 8.00. The second-order valence-electron chi connectivity index (χ2n) is 16.5. The first-order valence-corrected chi connectivity index (χ1v) is 19.2. The minimum atomic E-state index is -0.716. The quantitative estimate of drug-likeness (QED) is 0.0872. The number of rotatable bonds is 14. The molecule has 50 heavy (non-hydrogen) atoms. The van der Waals surface area contributed by atoms with Crippen molar-refractivity contribution in [1.82, 2.24) is 10.6 Å². The number of ether oxygens (including phenoxy) is 2. The Kier molecular flexibility index (Phi) is 13.0. The van der Waals surface area contributed by atoms with Crippen LogP contribution in [0.15, 0.2) is 33.1 Å². The van der Waals surface area contributed by atoms with Crippen molar-refractivity contribution in [2.75, 3.05) is 25.4 Å². The molecule has 3 aliphatic rings. The fourth-order valence-corrected chi connectivity index (χ4v) is 10.1. The number of hydrogen-bond donors (Lipinski definition) is 3. The highest BCUT2D eigenvalue weighted by Crippen LogP contribution is 2.67. The molecule has 0 heterocycles. The predicted molar refractivity (Wildman–Crippen MR) is 200 cm³/mol. The van der Waals surface area contributed by atoms with Gasteiger partial charge in [0, 0.05) is 41.2 Å². The van der Waals surface area contributed by atoms with Gasteiger partial charge in [-0.25, -0.2) is 4.79 Å². The summed E-state index contributed by atoms with van der Waals surface area (Å²) in [5, 5.41) is 18.6. The van der Waals surface area contributed by atoms with Gasteiger partial charge < -0.3 is 25.2 Å². The molecule has 3 N–H and O–H groups in total. The summed E-state index contributed by atoms with van der Waals surface area (Å²) in [6.45, 7) is 23.8. The van der Waals surface area contributed by atoms with Crippen molar-refractivity contribution in [3.8, 4) is 0 Å². The molecule has 0 radical (unpaired) electrons. The number of carbonyl (C=O) groups excluding carboxylic acids is 3. The summed E-state index contributed by atoms with van der Waals surface area (Å²) < 4.78 is 11.9. The second-order valence-corrected chi connectivity index (χ2v) is 17.5. The Morgan fingerprint density at radius 2 is 1.82 bits per heavy atom. The van der Waals surface area contributed by atoms with Gasteiger partial charge in [0.05, 0.1) is 24.9 Å². The van der Waals surface area contributed by atoms with Gasteiger partial charge in [-0.3, -0.25) is 19.6 Å².